The molecule has 0 fully saturated rings. The van der Waals surface area contributed by atoms with E-state index in [2.05, 4.69) is 9.68 Å². The van der Waals surface area contributed by atoms with Gasteiger partial charge in [-0.3, -0.25) is 0 Å². The van der Waals surface area contributed by atoms with Gasteiger partial charge in [-0.05, 0) is 4.53 Å². The van der Waals surface area contributed by atoms with Crippen molar-refractivity contribution >= 4 is 5.97 Å². The first kappa shape index (κ1) is 9.22. The highest BCUT2D eigenvalue weighted by molar-refractivity contribution is 5.77. The molecule has 10 heavy (non-hydrogen) atoms. The van der Waals surface area contributed by atoms with E-state index >= 15 is 0 Å². The van der Waals surface area contributed by atoms with Crippen molar-refractivity contribution < 1.29 is 27.8 Å². The van der Waals surface area contributed by atoms with Gasteiger partial charge < -0.3 is 4.74 Å². The number of methoxy groups -OCH3 is 1. The molecule has 0 aliphatic carbocycles. The maximum atomic E-state index is 12.2. The molecule has 1 atom stereocenters. The second-order valence-corrected chi connectivity index (χ2v) is 1.43. The van der Waals surface area contributed by atoms with Crippen molar-refractivity contribution in [3.63, 3.8) is 0 Å². The molecule has 1 unspecified atom stereocenters. The van der Waals surface area contributed by atoms with Gasteiger partial charge in [-0.2, -0.15) is 4.39 Å². The summed E-state index contributed by atoms with van der Waals surface area (Å²) in [7, 11) is 0.783. The SMILES string of the molecule is COC(=O)C(F)(CF)OF. The number of carbonyl (C=O) groups excluding carboxylic acids is 1. The summed E-state index contributed by atoms with van der Waals surface area (Å²) in [6, 6.07) is 0. The Morgan fingerprint density at radius 1 is 1.70 bits per heavy atom. The van der Waals surface area contributed by atoms with E-state index in [-0.39, 0.29) is 0 Å². The van der Waals surface area contributed by atoms with Crippen molar-refractivity contribution in [2.24, 2.45) is 0 Å². The number of esters is 1. The van der Waals surface area contributed by atoms with E-state index in [4.69, 9.17) is 0 Å². The molecule has 0 saturated heterocycles. The lowest BCUT2D eigenvalue weighted by atomic mass is 10.3. The number of hydrogen-bond acceptors (Lipinski definition) is 3. The summed E-state index contributed by atoms with van der Waals surface area (Å²) in [5, 5.41) is 0. The van der Waals surface area contributed by atoms with E-state index in [0.717, 1.165) is 7.11 Å². The topological polar surface area (TPSA) is 35.5 Å². The van der Waals surface area contributed by atoms with Crippen LogP contribution in [0.15, 0.2) is 0 Å². The maximum absolute atomic E-state index is 12.2. The molecule has 0 rings (SSSR count). The molecule has 0 heterocycles. The predicted octanol–water partition coefficient (Wildman–Crippen LogP) is 0.696. The molecule has 0 saturated carbocycles. The highest BCUT2D eigenvalue weighted by atomic mass is 19.3. The number of carbonyl (C=O) groups is 1. The van der Waals surface area contributed by atoms with Crippen LogP contribution in [0, 0.1) is 0 Å². The third-order valence-corrected chi connectivity index (χ3v) is 0.784. The van der Waals surface area contributed by atoms with Gasteiger partial charge in [0.2, 0.25) is 0 Å². The smallest absolute Gasteiger partial charge is 0.377 e. The zero-order chi connectivity index (χ0) is 8.20. The van der Waals surface area contributed by atoms with E-state index in [1.807, 2.05) is 0 Å². The number of halogens is 3. The molecule has 0 amide bonds. The van der Waals surface area contributed by atoms with Crippen LogP contribution in [0.2, 0.25) is 0 Å². The zero-order valence-electron chi connectivity index (χ0n) is 5.07. The van der Waals surface area contributed by atoms with Crippen molar-refractivity contribution in [2.75, 3.05) is 13.8 Å². The van der Waals surface area contributed by atoms with Crippen molar-refractivity contribution in [3.8, 4) is 0 Å². The molecular formula is C4H5F3O3. The number of ether oxygens (including phenoxy) is 1. The molecule has 6 heteroatoms. The fraction of sp³-hybridized carbons (Fsp3) is 0.750. The summed E-state index contributed by atoms with van der Waals surface area (Å²) in [5.41, 5.74) is 0. The quantitative estimate of drug-likeness (QED) is 0.567. The second-order valence-electron chi connectivity index (χ2n) is 1.43. The number of alkyl halides is 2. The predicted molar refractivity (Wildman–Crippen MR) is 24.0 cm³/mol. The first-order valence-corrected chi connectivity index (χ1v) is 2.23. The summed E-state index contributed by atoms with van der Waals surface area (Å²) in [6.45, 7) is -1.92. The van der Waals surface area contributed by atoms with Crippen LogP contribution in [0.4, 0.5) is 13.3 Å². The summed E-state index contributed by atoms with van der Waals surface area (Å²) >= 11 is 0. The van der Waals surface area contributed by atoms with Gasteiger partial charge in [-0.1, -0.05) is 0 Å². The first-order chi connectivity index (χ1) is 4.60. The summed E-state index contributed by atoms with van der Waals surface area (Å²) in [4.78, 5) is 12.5. The lowest BCUT2D eigenvalue weighted by Crippen LogP contribution is -2.38. The van der Waals surface area contributed by atoms with Gasteiger partial charge in [0.25, 0.3) is 0 Å². The summed E-state index contributed by atoms with van der Waals surface area (Å²) in [6.07, 6.45) is 0. The van der Waals surface area contributed by atoms with E-state index in [9.17, 15) is 18.1 Å². The molecule has 0 spiro atoms. The van der Waals surface area contributed by atoms with E-state index in [1.165, 1.54) is 0 Å². The highest BCUT2D eigenvalue weighted by Gasteiger charge is 2.43. The molecular weight excluding hydrogens is 153 g/mol. The average molecular weight is 158 g/mol. The van der Waals surface area contributed by atoms with Crippen molar-refractivity contribution in [1.29, 1.82) is 0 Å². The minimum Gasteiger partial charge on any atom is -0.465 e. The lowest BCUT2D eigenvalue weighted by Gasteiger charge is -2.11. The highest BCUT2D eigenvalue weighted by Crippen LogP contribution is 2.15. The molecule has 0 aromatic heterocycles. The van der Waals surface area contributed by atoms with Crippen LogP contribution in [0.3, 0.4) is 0 Å². The Morgan fingerprint density at radius 3 is 2.30 bits per heavy atom. The summed E-state index contributed by atoms with van der Waals surface area (Å²) in [5.74, 6) is -5.34. The van der Waals surface area contributed by atoms with Gasteiger partial charge in [0.15, 0.2) is 6.67 Å². The van der Waals surface area contributed by atoms with E-state index in [1.54, 1.807) is 0 Å². The molecule has 0 aromatic carbocycles. The number of hydrogen-bond donors (Lipinski definition) is 0. The third-order valence-electron chi connectivity index (χ3n) is 0.784. The Labute approximate surface area is 54.6 Å². The average Bonchev–Trinajstić information content (AvgIpc) is 2.01. The number of rotatable bonds is 3. The Kier molecular flexibility index (Phi) is 3.14. The first-order valence-electron chi connectivity index (χ1n) is 2.23. The van der Waals surface area contributed by atoms with E-state index < -0.39 is 18.5 Å². The Bertz CT molecular complexity index is 123. The van der Waals surface area contributed by atoms with Crippen LogP contribution in [0.5, 0.6) is 0 Å². The molecule has 0 aromatic rings. The van der Waals surface area contributed by atoms with Gasteiger partial charge in [-0.25, -0.2) is 9.18 Å². The zero-order valence-corrected chi connectivity index (χ0v) is 5.07. The maximum Gasteiger partial charge on any atom is 0.377 e. The van der Waals surface area contributed by atoms with Crippen LogP contribution < -0.4 is 0 Å². The van der Waals surface area contributed by atoms with Crippen molar-refractivity contribution in [1.82, 2.24) is 0 Å². The normalized spacial score (nSPS) is 16.0. The van der Waals surface area contributed by atoms with Gasteiger partial charge in [0.1, 0.15) is 0 Å². The van der Waals surface area contributed by atoms with Crippen LogP contribution in [-0.4, -0.2) is 25.6 Å². The fourth-order valence-electron chi connectivity index (χ4n) is 0.259. The second kappa shape index (κ2) is 3.40. The minimum absolute atomic E-state index is 0.783. The van der Waals surface area contributed by atoms with Gasteiger partial charge in [-0.15, -0.1) is 4.94 Å². The molecule has 0 aliphatic heterocycles. The molecule has 0 aliphatic rings. The fourth-order valence-corrected chi connectivity index (χ4v) is 0.259. The molecule has 0 bridgehead atoms. The van der Waals surface area contributed by atoms with Crippen molar-refractivity contribution in [3.05, 3.63) is 0 Å². The Hall–Kier alpha value is -0.780. The van der Waals surface area contributed by atoms with Gasteiger partial charge in [0.05, 0.1) is 7.11 Å². The van der Waals surface area contributed by atoms with Crippen LogP contribution in [0.1, 0.15) is 0 Å². The van der Waals surface area contributed by atoms with Crippen molar-refractivity contribution in [2.45, 2.75) is 5.85 Å². The van der Waals surface area contributed by atoms with Crippen LogP contribution in [-0.2, 0) is 14.5 Å². The molecule has 60 valence electrons. The molecule has 0 radical (unpaired) electrons. The largest absolute Gasteiger partial charge is 0.465 e. The lowest BCUT2D eigenvalue weighted by molar-refractivity contribution is -0.293. The van der Waals surface area contributed by atoms with Crippen LogP contribution >= 0.6 is 0 Å². The molecule has 3 nitrogen and oxygen atoms in total. The standard InChI is InChI=1S/C4H5F3O3/c1-9-3(8)4(6,2-5)10-7/h2H2,1H3. The Balaban J connectivity index is 4.17. The minimum atomic E-state index is -3.60. The van der Waals surface area contributed by atoms with E-state index in [0.29, 0.717) is 0 Å². The monoisotopic (exact) mass is 158 g/mol. The third kappa shape index (κ3) is 1.60. The van der Waals surface area contributed by atoms with Crippen LogP contribution in [0.25, 0.3) is 0 Å². The summed E-state index contributed by atoms with van der Waals surface area (Å²) < 4.78 is 38.4. The Morgan fingerprint density at radius 2 is 2.20 bits per heavy atom. The molecule has 0 N–H and O–H groups in total. The van der Waals surface area contributed by atoms with Gasteiger partial charge in [0, 0.05) is 0 Å². The van der Waals surface area contributed by atoms with Gasteiger partial charge >= 0.3 is 11.8 Å².